The van der Waals surface area contributed by atoms with Gasteiger partial charge in [0, 0.05) is 24.2 Å². The molecule has 6 heteroatoms. The van der Waals surface area contributed by atoms with Gasteiger partial charge in [0.2, 0.25) is 0 Å². The number of rotatable bonds is 3. The average molecular weight is 207 g/mol. The quantitative estimate of drug-likeness (QED) is 0.586. The Morgan fingerprint density at radius 2 is 2.33 bits per heavy atom. The topological polar surface area (TPSA) is 102 Å². The molecule has 0 saturated carbocycles. The van der Waals surface area contributed by atoms with E-state index in [4.69, 9.17) is 15.7 Å². The third-order valence-electron chi connectivity index (χ3n) is 1.91. The fraction of sp³-hybridized carbons (Fsp3) is 0.222. The summed E-state index contributed by atoms with van der Waals surface area (Å²) in [5.41, 5.74) is 5.81. The van der Waals surface area contributed by atoms with E-state index in [-0.39, 0.29) is 17.8 Å². The van der Waals surface area contributed by atoms with Gasteiger partial charge in [-0.3, -0.25) is 10.1 Å². The number of hydrogen-bond donors (Lipinski definition) is 1. The molecule has 0 aliphatic heterocycles. The zero-order valence-corrected chi connectivity index (χ0v) is 8.06. The summed E-state index contributed by atoms with van der Waals surface area (Å²) < 4.78 is 4.97. The van der Waals surface area contributed by atoms with Gasteiger partial charge in [-0.05, 0) is 0 Å². The van der Waals surface area contributed by atoms with Gasteiger partial charge < -0.3 is 10.5 Å². The van der Waals surface area contributed by atoms with Crippen LogP contribution in [-0.4, -0.2) is 12.0 Å². The van der Waals surface area contributed by atoms with Crippen LogP contribution in [-0.2, 0) is 6.54 Å². The summed E-state index contributed by atoms with van der Waals surface area (Å²) in [6, 6.07) is 4.30. The summed E-state index contributed by atoms with van der Waals surface area (Å²) in [6.07, 6.45) is 0. The normalized spacial score (nSPS) is 9.40. The molecule has 0 heterocycles. The molecule has 0 atom stereocenters. The maximum atomic E-state index is 10.6. The molecular formula is C9H9N3O3. The summed E-state index contributed by atoms with van der Waals surface area (Å²) in [4.78, 5) is 9.98. The number of nitro benzene ring substituents is 1. The van der Waals surface area contributed by atoms with E-state index in [2.05, 4.69) is 0 Å². The average Bonchev–Trinajstić information content (AvgIpc) is 2.26. The molecule has 0 fully saturated rings. The number of ether oxygens (including phenoxy) is 1. The first-order valence-corrected chi connectivity index (χ1v) is 4.09. The largest absolute Gasteiger partial charge is 0.495 e. The fourth-order valence-electron chi connectivity index (χ4n) is 1.25. The van der Waals surface area contributed by atoms with Gasteiger partial charge in [-0.15, -0.1) is 0 Å². The highest BCUT2D eigenvalue weighted by Gasteiger charge is 2.15. The van der Waals surface area contributed by atoms with Gasteiger partial charge in [-0.2, -0.15) is 5.26 Å². The molecule has 78 valence electrons. The molecule has 0 bridgehead atoms. The lowest BCUT2D eigenvalue weighted by atomic mass is 10.1. The third-order valence-corrected chi connectivity index (χ3v) is 1.91. The molecule has 15 heavy (non-hydrogen) atoms. The minimum Gasteiger partial charge on any atom is -0.495 e. The van der Waals surface area contributed by atoms with Gasteiger partial charge in [0.05, 0.1) is 12.0 Å². The Morgan fingerprint density at radius 1 is 1.67 bits per heavy atom. The van der Waals surface area contributed by atoms with Crippen LogP contribution in [0.3, 0.4) is 0 Å². The third kappa shape index (κ3) is 2.03. The first-order chi connectivity index (χ1) is 7.13. The zero-order valence-electron chi connectivity index (χ0n) is 8.06. The van der Waals surface area contributed by atoms with Crippen LogP contribution in [0.5, 0.6) is 5.75 Å². The number of non-ortho nitro benzene ring substituents is 1. The monoisotopic (exact) mass is 207 g/mol. The number of nitrogens with two attached hydrogens (primary N) is 1. The number of nitro groups is 1. The first kappa shape index (κ1) is 10.9. The van der Waals surface area contributed by atoms with Crippen molar-refractivity contribution < 1.29 is 9.66 Å². The van der Waals surface area contributed by atoms with E-state index in [9.17, 15) is 10.1 Å². The van der Waals surface area contributed by atoms with E-state index < -0.39 is 4.92 Å². The van der Waals surface area contributed by atoms with Crippen molar-refractivity contribution in [2.24, 2.45) is 5.73 Å². The predicted octanol–water partition coefficient (Wildman–Crippen LogP) is 0.934. The minimum absolute atomic E-state index is 0.0829. The summed E-state index contributed by atoms with van der Waals surface area (Å²) in [7, 11) is 1.39. The van der Waals surface area contributed by atoms with Crippen molar-refractivity contribution >= 4 is 5.69 Å². The van der Waals surface area contributed by atoms with Crippen LogP contribution in [0.1, 0.15) is 11.1 Å². The Labute approximate surface area is 86.0 Å². The van der Waals surface area contributed by atoms with E-state index in [1.54, 1.807) is 0 Å². The molecule has 6 nitrogen and oxygen atoms in total. The lowest BCUT2D eigenvalue weighted by Gasteiger charge is -2.07. The van der Waals surface area contributed by atoms with Crippen LogP contribution >= 0.6 is 0 Å². The van der Waals surface area contributed by atoms with Gasteiger partial charge in [-0.1, -0.05) is 0 Å². The molecule has 0 saturated heterocycles. The van der Waals surface area contributed by atoms with Crippen molar-refractivity contribution in [2.45, 2.75) is 6.54 Å². The molecule has 0 amide bonds. The van der Waals surface area contributed by atoms with E-state index >= 15 is 0 Å². The van der Waals surface area contributed by atoms with Gasteiger partial charge in [0.1, 0.15) is 17.4 Å². The van der Waals surface area contributed by atoms with Crippen LogP contribution in [0.15, 0.2) is 12.1 Å². The van der Waals surface area contributed by atoms with Crippen LogP contribution in [0.25, 0.3) is 0 Å². The number of nitrogens with zero attached hydrogens (tertiary/aromatic N) is 2. The second-order valence-electron chi connectivity index (χ2n) is 2.76. The van der Waals surface area contributed by atoms with Crippen molar-refractivity contribution in [3.63, 3.8) is 0 Å². The number of methoxy groups -OCH3 is 1. The highest BCUT2D eigenvalue weighted by molar-refractivity contribution is 5.55. The number of nitriles is 1. The van der Waals surface area contributed by atoms with Gasteiger partial charge in [-0.25, -0.2) is 0 Å². The Morgan fingerprint density at radius 3 is 2.73 bits per heavy atom. The molecule has 1 rings (SSSR count). The predicted molar refractivity (Wildman–Crippen MR) is 52.3 cm³/mol. The Bertz CT molecular complexity index is 437. The van der Waals surface area contributed by atoms with E-state index in [0.29, 0.717) is 11.3 Å². The summed E-state index contributed by atoms with van der Waals surface area (Å²) >= 11 is 0. The van der Waals surface area contributed by atoms with E-state index in [0.717, 1.165) is 6.07 Å². The van der Waals surface area contributed by atoms with E-state index in [1.165, 1.54) is 13.2 Å². The molecule has 0 aliphatic rings. The molecule has 0 radical (unpaired) electrons. The van der Waals surface area contributed by atoms with Crippen LogP contribution in [0, 0.1) is 21.4 Å². The number of hydrogen-bond acceptors (Lipinski definition) is 5. The molecule has 2 N–H and O–H groups in total. The van der Waals surface area contributed by atoms with Crippen LogP contribution in [0.4, 0.5) is 5.69 Å². The fourth-order valence-corrected chi connectivity index (χ4v) is 1.25. The highest BCUT2D eigenvalue weighted by atomic mass is 16.6. The van der Waals surface area contributed by atoms with Crippen molar-refractivity contribution in [1.82, 2.24) is 0 Å². The minimum atomic E-state index is -0.570. The van der Waals surface area contributed by atoms with Crippen molar-refractivity contribution in [2.75, 3.05) is 7.11 Å². The van der Waals surface area contributed by atoms with Gasteiger partial charge >= 0.3 is 0 Å². The van der Waals surface area contributed by atoms with Crippen LogP contribution < -0.4 is 10.5 Å². The molecular weight excluding hydrogens is 198 g/mol. The highest BCUT2D eigenvalue weighted by Crippen LogP contribution is 2.28. The molecule has 0 spiro atoms. The maximum Gasteiger partial charge on any atom is 0.271 e. The smallest absolute Gasteiger partial charge is 0.271 e. The van der Waals surface area contributed by atoms with Crippen molar-refractivity contribution in [3.8, 4) is 11.8 Å². The van der Waals surface area contributed by atoms with Crippen molar-refractivity contribution in [3.05, 3.63) is 33.4 Å². The molecule has 0 aliphatic carbocycles. The van der Waals surface area contributed by atoms with Gasteiger partial charge in [0.15, 0.2) is 0 Å². The molecule has 1 aromatic rings. The Kier molecular flexibility index (Phi) is 3.21. The standard InChI is InChI=1S/C9H9N3O3/c1-15-9-6(4-10)2-8(12(13)14)3-7(9)5-11/h2-3H,4,10H2,1H3. The van der Waals surface area contributed by atoms with Gasteiger partial charge in [0.25, 0.3) is 5.69 Å². The summed E-state index contributed by atoms with van der Waals surface area (Å²) in [6.45, 7) is 0.0829. The SMILES string of the molecule is COc1c(C#N)cc([N+](=O)[O-])cc1CN. The second-order valence-corrected chi connectivity index (χ2v) is 2.76. The van der Waals surface area contributed by atoms with E-state index in [1.807, 2.05) is 6.07 Å². The van der Waals surface area contributed by atoms with Crippen molar-refractivity contribution in [1.29, 1.82) is 5.26 Å². The zero-order chi connectivity index (χ0) is 11.4. The Balaban J connectivity index is 3.44. The van der Waals surface area contributed by atoms with Crippen LogP contribution in [0.2, 0.25) is 0 Å². The molecule has 0 aromatic heterocycles. The summed E-state index contributed by atoms with van der Waals surface area (Å²) in [5.74, 6) is 0.297. The first-order valence-electron chi connectivity index (χ1n) is 4.09. The second kappa shape index (κ2) is 4.39. The lowest BCUT2D eigenvalue weighted by molar-refractivity contribution is -0.385. The maximum absolute atomic E-state index is 10.6. The number of benzene rings is 1. The summed E-state index contributed by atoms with van der Waals surface area (Å²) in [5, 5.41) is 19.3. The molecule has 1 aromatic carbocycles. The lowest BCUT2D eigenvalue weighted by Crippen LogP contribution is -2.03. The molecule has 0 unspecified atom stereocenters. The Hall–Kier alpha value is -2.13.